The fourth-order valence-electron chi connectivity index (χ4n) is 2.11. The Labute approximate surface area is 126 Å². The van der Waals surface area contributed by atoms with Gasteiger partial charge in [0.2, 0.25) is 5.91 Å². The zero-order chi connectivity index (χ0) is 15.4. The van der Waals surface area contributed by atoms with Crippen LogP contribution in [0.1, 0.15) is 18.4 Å². The van der Waals surface area contributed by atoms with Crippen LogP contribution in [0.3, 0.4) is 0 Å². The van der Waals surface area contributed by atoms with Crippen molar-refractivity contribution in [2.45, 2.75) is 30.6 Å². The Kier molecular flexibility index (Phi) is 5.12. The summed E-state index contributed by atoms with van der Waals surface area (Å²) >= 11 is 0. The summed E-state index contributed by atoms with van der Waals surface area (Å²) in [5, 5.41) is 8.21. The maximum absolute atomic E-state index is 12.2. The van der Waals surface area contributed by atoms with E-state index in [9.17, 15) is 18.9 Å². The monoisotopic (exact) mass is 309 g/mol. The minimum Gasteiger partial charge on any atom is -0.480 e. The first kappa shape index (κ1) is 15.7. The Morgan fingerprint density at radius 3 is 2.48 bits per heavy atom. The number of carbonyl (C=O) groups is 2. The normalized spacial score (nSPS) is 17.0. The van der Waals surface area contributed by atoms with Crippen LogP contribution < -0.4 is 0 Å². The highest BCUT2D eigenvalue weighted by Crippen LogP contribution is 2.25. The van der Waals surface area contributed by atoms with E-state index in [2.05, 4.69) is 0 Å². The molecule has 0 bridgehead atoms. The third kappa shape index (κ3) is 4.39. The van der Waals surface area contributed by atoms with Crippen molar-refractivity contribution in [3.8, 4) is 0 Å². The van der Waals surface area contributed by atoms with Crippen LogP contribution in [0, 0.1) is 0 Å². The Morgan fingerprint density at radius 2 is 1.95 bits per heavy atom. The zero-order valence-corrected chi connectivity index (χ0v) is 12.7. The van der Waals surface area contributed by atoms with Crippen LogP contribution in [0.5, 0.6) is 0 Å². The molecule has 1 aromatic carbocycles. The van der Waals surface area contributed by atoms with Crippen LogP contribution in [-0.2, 0) is 26.8 Å². The minimum atomic E-state index is -1.72. The highest BCUT2D eigenvalue weighted by atomic mass is 32.2. The van der Waals surface area contributed by atoms with E-state index in [1.807, 2.05) is 18.2 Å². The fourth-order valence-corrected chi connectivity index (χ4v) is 3.36. The quantitative estimate of drug-likeness (QED) is 0.817. The third-order valence-corrected chi connectivity index (χ3v) is 5.14. The van der Waals surface area contributed by atoms with E-state index in [1.54, 1.807) is 24.1 Å². The lowest BCUT2D eigenvalue weighted by atomic mass is 10.1. The summed E-state index contributed by atoms with van der Waals surface area (Å²) < 4.78 is 12.2. The number of carbonyl (C=O) groups excluding carboxylic acids is 1. The molecule has 0 saturated heterocycles. The van der Waals surface area contributed by atoms with E-state index >= 15 is 0 Å². The van der Waals surface area contributed by atoms with E-state index in [0.29, 0.717) is 0 Å². The molecule has 21 heavy (non-hydrogen) atoms. The van der Waals surface area contributed by atoms with E-state index < -0.39 is 22.0 Å². The number of carboxylic acid groups (broad SMARTS) is 1. The largest absolute Gasteiger partial charge is 0.480 e. The third-order valence-electron chi connectivity index (χ3n) is 3.61. The van der Waals surface area contributed by atoms with Gasteiger partial charge in [-0.05, 0) is 24.8 Å². The smallest absolute Gasteiger partial charge is 0.319 e. The van der Waals surface area contributed by atoms with Gasteiger partial charge in [-0.3, -0.25) is 13.8 Å². The average Bonchev–Trinajstić information content (AvgIpc) is 3.29. The van der Waals surface area contributed by atoms with Gasteiger partial charge in [0, 0.05) is 23.9 Å². The second kappa shape index (κ2) is 6.85. The van der Waals surface area contributed by atoms with Crippen LogP contribution in [0.4, 0.5) is 0 Å². The number of benzene rings is 1. The molecule has 2 rings (SSSR count). The summed E-state index contributed by atoms with van der Waals surface area (Å²) in [6, 6.07) is 9.29. The van der Waals surface area contributed by atoms with Crippen molar-refractivity contribution in [3.05, 3.63) is 35.9 Å². The number of aliphatic carboxylic acids is 1. The standard InChI is InChI=1S/C15H19NO4S/c1-16(12-7-8-12)14(17)10-21(20)13(15(18)19)9-11-5-3-2-4-6-11/h2-6,12-13H,7-10H2,1H3,(H,18,19). The molecule has 1 amide bonds. The molecule has 0 aliphatic heterocycles. The first-order valence-electron chi connectivity index (χ1n) is 6.88. The van der Waals surface area contributed by atoms with Gasteiger partial charge >= 0.3 is 5.97 Å². The molecule has 1 N–H and O–H groups in total. The van der Waals surface area contributed by atoms with Crippen LogP contribution >= 0.6 is 0 Å². The molecule has 5 nitrogen and oxygen atoms in total. The maximum atomic E-state index is 12.2. The molecule has 1 aliphatic rings. The van der Waals surface area contributed by atoms with E-state index in [-0.39, 0.29) is 24.1 Å². The summed E-state index contributed by atoms with van der Waals surface area (Å²) in [6.07, 6.45) is 2.12. The molecule has 1 saturated carbocycles. The van der Waals surface area contributed by atoms with E-state index in [1.165, 1.54) is 0 Å². The van der Waals surface area contributed by atoms with Gasteiger partial charge in [0.15, 0.2) is 0 Å². The number of amides is 1. The average molecular weight is 309 g/mol. The van der Waals surface area contributed by atoms with Crippen molar-refractivity contribution in [3.63, 3.8) is 0 Å². The van der Waals surface area contributed by atoms with Crippen molar-refractivity contribution in [2.75, 3.05) is 12.8 Å². The zero-order valence-electron chi connectivity index (χ0n) is 11.9. The molecule has 0 radical (unpaired) electrons. The summed E-state index contributed by atoms with van der Waals surface area (Å²) in [4.78, 5) is 24.9. The van der Waals surface area contributed by atoms with Gasteiger partial charge in [0.1, 0.15) is 11.0 Å². The van der Waals surface area contributed by atoms with Crippen LogP contribution in [-0.4, -0.2) is 50.2 Å². The van der Waals surface area contributed by atoms with Gasteiger partial charge in [-0.1, -0.05) is 30.3 Å². The predicted molar refractivity (Wildman–Crippen MR) is 80.4 cm³/mol. The Bertz CT molecular complexity index is 542. The summed E-state index contributed by atoms with van der Waals surface area (Å²) in [5.74, 6) is -1.59. The molecule has 1 fully saturated rings. The van der Waals surface area contributed by atoms with Gasteiger partial charge in [-0.2, -0.15) is 0 Å². The molecule has 1 aliphatic carbocycles. The van der Waals surface area contributed by atoms with Gasteiger partial charge in [-0.25, -0.2) is 0 Å². The Balaban J connectivity index is 1.98. The molecule has 114 valence electrons. The first-order chi connectivity index (χ1) is 9.99. The minimum absolute atomic E-state index is 0.170. The molecular formula is C15H19NO4S. The number of hydrogen-bond acceptors (Lipinski definition) is 3. The Hall–Kier alpha value is -1.69. The number of hydrogen-bond donors (Lipinski definition) is 1. The second-order valence-electron chi connectivity index (χ2n) is 5.28. The van der Waals surface area contributed by atoms with Crippen LogP contribution in [0.15, 0.2) is 30.3 Å². The van der Waals surface area contributed by atoms with Crippen LogP contribution in [0.25, 0.3) is 0 Å². The van der Waals surface area contributed by atoms with Crippen molar-refractivity contribution in [1.82, 2.24) is 4.90 Å². The van der Waals surface area contributed by atoms with Gasteiger partial charge in [0.25, 0.3) is 0 Å². The van der Waals surface area contributed by atoms with E-state index in [4.69, 9.17) is 0 Å². The number of nitrogens with zero attached hydrogens (tertiary/aromatic N) is 1. The maximum Gasteiger partial charge on any atom is 0.319 e. The fraction of sp³-hybridized carbons (Fsp3) is 0.467. The van der Waals surface area contributed by atoms with E-state index in [0.717, 1.165) is 18.4 Å². The molecule has 1 aromatic rings. The molecule has 2 atom stereocenters. The lowest BCUT2D eigenvalue weighted by Crippen LogP contribution is -2.37. The lowest BCUT2D eigenvalue weighted by Gasteiger charge is -2.18. The predicted octanol–water partition coefficient (Wildman–Crippen LogP) is 1.05. The second-order valence-corrected chi connectivity index (χ2v) is 6.90. The molecule has 6 heteroatoms. The Morgan fingerprint density at radius 1 is 1.33 bits per heavy atom. The van der Waals surface area contributed by atoms with Crippen molar-refractivity contribution in [1.29, 1.82) is 0 Å². The van der Waals surface area contributed by atoms with Crippen LogP contribution in [0.2, 0.25) is 0 Å². The highest BCUT2D eigenvalue weighted by Gasteiger charge is 2.32. The SMILES string of the molecule is CN(C(=O)CS(=O)C(Cc1ccccc1)C(=O)O)C1CC1. The summed E-state index contributed by atoms with van der Waals surface area (Å²) in [5.41, 5.74) is 0.807. The van der Waals surface area contributed by atoms with Crippen molar-refractivity contribution >= 4 is 22.7 Å². The highest BCUT2D eigenvalue weighted by molar-refractivity contribution is 7.87. The topological polar surface area (TPSA) is 74.7 Å². The lowest BCUT2D eigenvalue weighted by molar-refractivity contribution is -0.136. The molecule has 0 spiro atoms. The first-order valence-corrected chi connectivity index (χ1v) is 8.27. The van der Waals surface area contributed by atoms with Gasteiger partial charge in [-0.15, -0.1) is 0 Å². The van der Waals surface area contributed by atoms with Gasteiger partial charge < -0.3 is 10.0 Å². The number of carboxylic acids is 1. The molecule has 0 aromatic heterocycles. The molecular weight excluding hydrogens is 290 g/mol. The molecule has 2 unspecified atom stereocenters. The molecule has 0 heterocycles. The van der Waals surface area contributed by atoms with Gasteiger partial charge in [0.05, 0.1) is 0 Å². The number of rotatable bonds is 7. The summed E-state index contributed by atoms with van der Waals surface area (Å²) in [7, 11) is -0.0339. The summed E-state index contributed by atoms with van der Waals surface area (Å²) in [6.45, 7) is 0. The van der Waals surface area contributed by atoms with Crippen molar-refractivity contribution in [2.24, 2.45) is 0 Å². The van der Waals surface area contributed by atoms with Crippen molar-refractivity contribution < 1.29 is 18.9 Å².